The Morgan fingerprint density at radius 2 is 0.701 bits per heavy atom. The number of nitrogens with zero attached hydrogens (tertiary/aromatic N) is 1. The van der Waals surface area contributed by atoms with Crippen molar-refractivity contribution in [3.63, 3.8) is 0 Å². The van der Waals surface area contributed by atoms with Crippen molar-refractivity contribution in [1.29, 1.82) is 0 Å². The number of unbranched alkanes of at least 4 members (excludes halogenated alkanes) is 52. The zero-order valence-corrected chi connectivity index (χ0v) is 53.6. The van der Waals surface area contributed by atoms with Crippen molar-refractivity contribution in [2.45, 2.75) is 379 Å². The normalized spacial score (nSPS) is 13.7. The van der Waals surface area contributed by atoms with Crippen LogP contribution in [0.3, 0.4) is 0 Å². The van der Waals surface area contributed by atoms with Crippen molar-refractivity contribution in [2.24, 2.45) is 0 Å². The zero-order chi connectivity index (χ0) is 56.3. The maximum absolute atomic E-state index is 13.0. The second-order valence-electron chi connectivity index (χ2n) is 25.3. The lowest BCUT2D eigenvalue weighted by atomic mass is 10.0. The van der Waals surface area contributed by atoms with Crippen molar-refractivity contribution in [2.75, 3.05) is 40.9 Å². The predicted molar refractivity (Wildman–Crippen MR) is 335 cm³/mol. The minimum absolute atomic E-state index is 0.00299. The summed E-state index contributed by atoms with van der Waals surface area (Å²) in [6.07, 6.45) is 76.2. The molecule has 0 heterocycles. The average molecular weight is 1110 g/mol. The van der Waals surface area contributed by atoms with Crippen LogP contribution >= 0.6 is 7.82 Å². The van der Waals surface area contributed by atoms with Crippen molar-refractivity contribution in [3.8, 4) is 0 Å². The first-order valence-electron chi connectivity index (χ1n) is 34.6. The van der Waals surface area contributed by atoms with Gasteiger partial charge in [0.2, 0.25) is 5.91 Å². The average Bonchev–Trinajstić information content (AvgIpc) is 3.39. The Kier molecular flexibility index (Phi) is 59.3. The van der Waals surface area contributed by atoms with E-state index in [0.717, 1.165) is 38.5 Å². The second-order valence-corrected chi connectivity index (χ2v) is 26.7. The number of quaternary nitrogens is 1. The fourth-order valence-corrected chi connectivity index (χ4v) is 11.6. The lowest BCUT2D eigenvalue weighted by Gasteiger charge is -2.29. The number of aliphatic hydroxyl groups excluding tert-OH is 1. The van der Waals surface area contributed by atoms with Gasteiger partial charge in [-0.3, -0.25) is 9.36 Å². The van der Waals surface area contributed by atoms with Gasteiger partial charge in [-0.25, -0.2) is 0 Å². The fourth-order valence-electron chi connectivity index (χ4n) is 10.9. The topological polar surface area (TPSA) is 108 Å². The number of carbonyl (C=O) groups excluding carboxylic acids is 1. The maximum Gasteiger partial charge on any atom is 0.268 e. The third kappa shape index (κ3) is 62.7. The summed E-state index contributed by atoms with van der Waals surface area (Å²) in [4.78, 5) is 25.6. The molecule has 8 nitrogen and oxygen atoms in total. The van der Waals surface area contributed by atoms with Crippen LogP contribution in [0.1, 0.15) is 367 Å². The number of aliphatic hydroxyl groups is 1. The number of phosphoric ester groups is 1. The van der Waals surface area contributed by atoms with E-state index < -0.39 is 20.0 Å². The number of hydrogen-bond donors (Lipinski definition) is 2. The highest BCUT2D eigenvalue weighted by Crippen LogP contribution is 2.38. The van der Waals surface area contributed by atoms with Crippen LogP contribution in [0.4, 0.5) is 0 Å². The number of likely N-dealkylation sites (N-methyl/N-ethyl adjacent to an activating group) is 1. The smallest absolute Gasteiger partial charge is 0.268 e. The van der Waals surface area contributed by atoms with Crippen LogP contribution in [-0.4, -0.2) is 68.5 Å². The number of nitrogens with one attached hydrogen (secondary N) is 1. The molecule has 3 atom stereocenters. The summed E-state index contributed by atoms with van der Waals surface area (Å²) in [5, 5.41) is 14.0. The molecule has 0 saturated heterocycles. The second kappa shape index (κ2) is 59.8. The summed E-state index contributed by atoms with van der Waals surface area (Å²) in [6.45, 7) is 4.72. The highest BCUT2D eigenvalue weighted by atomic mass is 31.2. The van der Waals surface area contributed by atoms with E-state index in [9.17, 15) is 19.4 Å². The predicted octanol–water partition coefficient (Wildman–Crippen LogP) is 21.1. The number of hydrogen-bond acceptors (Lipinski definition) is 6. The minimum Gasteiger partial charge on any atom is -0.756 e. The Balaban J connectivity index is 4.04. The van der Waals surface area contributed by atoms with Crippen molar-refractivity contribution in [3.05, 3.63) is 12.2 Å². The molecule has 0 radical (unpaired) electrons. The van der Waals surface area contributed by atoms with Gasteiger partial charge in [0.25, 0.3) is 7.82 Å². The SMILES string of the molecule is CCCCCCCCCCCCCCCCCCCCCCCCCCCCCCC/C=C/C(O)C(COP(=O)([O-])OCC[N+](C)(C)C)NC(=O)CCCCCCCCCCCCCCCCCCCCCCCCCC. The lowest BCUT2D eigenvalue weighted by Crippen LogP contribution is -2.45. The Morgan fingerprint density at radius 3 is 0.974 bits per heavy atom. The Bertz CT molecular complexity index is 1260. The highest BCUT2D eigenvalue weighted by Gasteiger charge is 2.23. The number of carbonyl (C=O) groups is 1. The summed E-state index contributed by atoms with van der Waals surface area (Å²) in [6, 6.07) is -0.883. The van der Waals surface area contributed by atoms with Crippen molar-refractivity contribution in [1.82, 2.24) is 5.32 Å². The van der Waals surface area contributed by atoms with Gasteiger partial charge in [-0.05, 0) is 19.3 Å². The quantitative estimate of drug-likeness (QED) is 0.0272. The number of allylic oxidation sites excluding steroid dienone is 1. The molecule has 0 aromatic carbocycles. The van der Waals surface area contributed by atoms with Gasteiger partial charge in [0.1, 0.15) is 13.2 Å². The van der Waals surface area contributed by atoms with Crippen molar-refractivity contribution < 1.29 is 32.9 Å². The fraction of sp³-hybridized carbons (Fsp3) is 0.956. The Labute approximate surface area is 482 Å². The summed E-state index contributed by atoms with van der Waals surface area (Å²) >= 11 is 0. The summed E-state index contributed by atoms with van der Waals surface area (Å²) in [7, 11) is 1.28. The van der Waals surface area contributed by atoms with Crippen LogP contribution in [0.5, 0.6) is 0 Å². The van der Waals surface area contributed by atoms with E-state index >= 15 is 0 Å². The molecule has 2 N–H and O–H groups in total. The molecule has 77 heavy (non-hydrogen) atoms. The molecule has 0 aromatic heterocycles. The first kappa shape index (κ1) is 76.2. The molecule has 0 rings (SSSR count). The Morgan fingerprint density at radius 1 is 0.442 bits per heavy atom. The van der Waals surface area contributed by atoms with Gasteiger partial charge < -0.3 is 28.8 Å². The monoisotopic (exact) mass is 1110 g/mol. The van der Waals surface area contributed by atoms with E-state index in [1.807, 2.05) is 27.2 Å². The molecule has 0 fully saturated rings. The van der Waals surface area contributed by atoms with Crippen LogP contribution in [0.15, 0.2) is 12.2 Å². The van der Waals surface area contributed by atoms with E-state index in [0.29, 0.717) is 17.4 Å². The van der Waals surface area contributed by atoms with Gasteiger partial charge in [-0.15, -0.1) is 0 Å². The summed E-state index contributed by atoms with van der Waals surface area (Å²) in [5.41, 5.74) is 0. The standard InChI is InChI=1S/C68H137N2O6P/c1-6-8-10-12-14-16-18-20-22-24-26-28-30-32-33-34-35-36-37-38-39-41-43-45-47-49-51-53-55-57-59-61-67(71)66(65-76-77(73,74)75-64-63-70(3,4)5)69-68(72)62-60-58-56-54-52-50-48-46-44-42-40-31-29-27-25-23-21-19-17-15-13-11-9-7-2/h59,61,66-67,71H,6-58,60,62-65H2,1-5H3,(H-,69,72,73,74)/b61-59+. The van der Waals surface area contributed by atoms with Crippen molar-refractivity contribution >= 4 is 13.7 Å². The zero-order valence-electron chi connectivity index (χ0n) is 52.7. The van der Waals surface area contributed by atoms with Crippen LogP contribution in [0, 0.1) is 0 Å². The molecule has 0 aliphatic carbocycles. The Hall–Kier alpha value is -0.760. The van der Waals surface area contributed by atoms with Crippen LogP contribution < -0.4 is 10.2 Å². The molecular weight excluding hydrogens is 972 g/mol. The van der Waals surface area contributed by atoms with Crippen LogP contribution in [-0.2, 0) is 18.4 Å². The first-order chi connectivity index (χ1) is 37.5. The molecule has 0 aliphatic heterocycles. The van der Waals surface area contributed by atoms with E-state index in [1.54, 1.807) is 6.08 Å². The third-order valence-corrected chi connectivity index (χ3v) is 17.2. The lowest BCUT2D eigenvalue weighted by molar-refractivity contribution is -0.870. The molecule has 3 unspecified atom stereocenters. The van der Waals surface area contributed by atoms with Gasteiger partial charge in [-0.2, -0.15) is 0 Å². The maximum atomic E-state index is 13.0. The van der Waals surface area contributed by atoms with Gasteiger partial charge in [-0.1, -0.05) is 353 Å². The van der Waals surface area contributed by atoms with Gasteiger partial charge in [0.15, 0.2) is 0 Å². The van der Waals surface area contributed by atoms with E-state index in [-0.39, 0.29) is 19.1 Å². The van der Waals surface area contributed by atoms with Gasteiger partial charge in [0.05, 0.1) is 39.9 Å². The number of phosphoric acid groups is 1. The third-order valence-electron chi connectivity index (χ3n) is 16.2. The molecule has 0 spiro atoms. The molecule has 1 amide bonds. The number of amides is 1. The molecule has 460 valence electrons. The molecule has 0 aromatic rings. The molecular formula is C68H137N2O6P. The minimum atomic E-state index is -4.60. The molecule has 9 heteroatoms. The van der Waals surface area contributed by atoms with Crippen LogP contribution in [0.2, 0.25) is 0 Å². The van der Waals surface area contributed by atoms with Gasteiger partial charge >= 0.3 is 0 Å². The van der Waals surface area contributed by atoms with E-state index in [2.05, 4.69) is 19.2 Å². The highest BCUT2D eigenvalue weighted by molar-refractivity contribution is 7.45. The molecule has 0 aliphatic rings. The largest absolute Gasteiger partial charge is 0.756 e. The van der Waals surface area contributed by atoms with E-state index in [4.69, 9.17) is 9.05 Å². The summed E-state index contributed by atoms with van der Waals surface area (Å²) in [5.74, 6) is -0.188. The molecule has 0 bridgehead atoms. The van der Waals surface area contributed by atoms with E-state index in [1.165, 1.54) is 308 Å². The first-order valence-corrected chi connectivity index (χ1v) is 36.0. The molecule has 0 saturated carbocycles. The van der Waals surface area contributed by atoms with Gasteiger partial charge in [0, 0.05) is 6.42 Å². The summed E-state index contributed by atoms with van der Waals surface area (Å²) < 4.78 is 23.5. The van der Waals surface area contributed by atoms with Crippen LogP contribution in [0.25, 0.3) is 0 Å². The number of rotatable bonds is 65.